The van der Waals surface area contributed by atoms with Crippen LogP contribution in [0.1, 0.15) is 26.3 Å². The minimum atomic E-state index is 0.0901. The molecule has 3 heteroatoms. The van der Waals surface area contributed by atoms with Gasteiger partial charge in [0.2, 0.25) is 5.89 Å². The smallest absolute Gasteiger partial charge is 0.227 e. The predicted octanol–water partition coefficient (Wildman–Crippen LogP) is 6.54. The highest BCUT2D eigenvalue weighted by Gasteiger charge is 2.16. The number of anilines is 2. The van der Waals surface area contributed by atoms with Gasteiger partial charge in [0.05, 0.1) is 0 Å². The van der Waals surface area contributed by atoms with Gasteiger partial charge in [-0.3, -0.25) is 0 Å². The van der Waals surface area contributed by atoms with Crippen molar-refractivity contribution in [3.05, 3.63) is 78.4 Å². The average Bonchev–Trinajstić information content (AvgIpc) is 3.05. The molecule has 26 heavy (non-hydrogen) atoms. The van der Waals surface area contributed by atoms with Gasteiger partial charge in [0, 0.05) is 16.9 Å². The summed E-state index contributed by atoms with van der Waals surface area (Å²) in [4.78, 5) is 4.71. The molecule has 130 valence electrons. The van der Waals surface area contributed by atoms with E-state index in [0.29, 0.717) is 5.89 Å². The van der Waals surface area contributed by atoms with Crippen LogP contribution in [0.3, 0.4) is 0 Å². The molecule has 0 aliphatic heterocycles. The predicted molar refractivity (Wildman–Crippen MR) is 108 cm³/mol. The first-order chi connectivity index (χ1) is 12.5. The molecule has 0 fully saturated rings. The van der Waals surface area contributed by atoms with E-state index in [9.17, 15) is 0 Å². The fraction of sp³-hybridized carbons (Fsp3) is 0.174. The summed E-state index contributed by atoms with van der Waals surface area (Å²) < 4.78 is 5.99. The zero-order valence-corrected chi connectivity index (χ0v) is 15.3. The molecule has 1 heterocycles. The van der Waals surface area contributed by atoms with Gasteiger partial charge in [0.1, 0.15) is 5.52 Å². The van der Waals surface area contributed by atoms with E-state index in [1.54, 1.807) is 0 Å². The second-order valence-electron chi connectivity index (χ2n) is 7.52. The molecule has 0 aliphatic carbocycles. The first-order valence-electron chi connectivity index (χ1n) is 8.83. The highest BCUT2D eigenvalue weighted by molar-refractivity contribution is 5.78. The summed E-state index contributed by atoms with van der Waals surface area (Å²) in [5, 5.41) is 3.41. The Hall–Kier alpha value is -3.07. The largest absolute Gasteiger partial charge is 0.436 e. The SMILES string of the molecule is CC(C)(C)c1ccc2oc(-c3cccc(Nc4ccccc4)c3)nc2c1. The zero-order chi connectivity index (χ0) is 18.1. The summed E-state index contributed by atoms with van der Waals surface area (Å²) in [5.74, 6) is 0.641. The molecule has 1 aromatic heterocycles. The van der Waals surface area contributed by atoms with Gasteiger partial charge in [0.25, 0.3) is 0 Å². The standard InChI is InChI=1S/C23H22N2O/c1-23(2,3)17-12-13-21-20(15-17)25-22(26-21)16-8-7-11-19(14-16)24-18-9-5-4-6-10-18/h4-15,24H,1-3H3. The number of fused-ring (bicyclic) bond motifs is 1. The molecule has 0 unspecified atom stereocenters. The van der Waals surface area contributed by atoms with Crippen LogP contribution in [0.4, 0.5) is 11.4 Å². The summed E-state index contributed by atoms with van der Waals surface area (Å²) in [6.45, 7) is 6.61. The molecule has 0 atom stereocenters. The van der Waals surface area contributed by atoms with Gasteiger partial charge in [0.15, 0.2) is 5.58 Å². The number of para-hydroxylation sites is 1. The van der Waals surface area contributed by atoms with E-state index in [-0.39, 0.29) is 5.41 Å². The van der Waals surface area contributed by atoms with E-state index in [0.717, 1.165) is 28.0 Å². The molecule has 3 aromatic carbocycles. The quantitative estimate of drug-likeness (QED) is 0.459. The Bertz CT molecular complexity index is 1040. The molecule has 0 spiro atoms. The summed E-state index contributed by atoms with van der Waals surface area (Å²) in [6, 6.07) is 24.5. The number of aromatic nitrogens is 1. The highest BCUT2D eigenvalue weighted by Crippen LogP contribution is 2.30. The number of oxazole rings is 1. The van der Waals surface area contributed by atoms with E-state index in [1.807, 2.05) is 54.6 Å². The first-order valence-corrected chi connectivity index (χ1v) is 8.83. The third-order valence-corrected chi connectivity index (χ3v) is 4.43. The van der Waals surface area contributed by atoms with E-state index in [4.69, 9.17) is 9.40 Å². The molecule has 1 N–H and O–H groups in total. The van der Waals surface area contributed by atoms with E-state index < -0.39 is 0 Å². The van der Waals surface area contributed by atoms with Crippen molar-refractivity contribution in [3.63, 3.8) is 0 Å². The summed E-state index contributed by atoms with van der Waals surface area (Å²) in [5.41, 5.74) is 6.07. The average molecular weight is 342 g/mol. The van der Waals surface area contributed by atoms with Crippen molar-refractivity contribution in [3.8, 4) is 11.5 Å². The summed E-state index contributed by atoms with van der Waals surface area (Å²) >= 11 is 0. The lowest BCUT2D eigenvalue weighted by atomic mass is 9.87. The van der Waals surface area contributed by atoms with Gasteiger partial charge >= 0.3 is 0 Å². The van der Waals surface area contributed by atoms with Crippen LogP contribution in [-0.2, 0) is 5.41 Å². The minimum absolute atomic E-state index is 0.0901. The molecule has 0 saturated heterocycles. The fourth-order valence-electron chi connectivity index (χ4n) is 2.94. The summed E-state index contributed by atoms with van der Waals surface area (Å²) in [7, 11) is 0. The van der Waals surface area contributed by atoms with Gasteiger partial charge in [-0.1, -0.05) is 51.1 Å². The molecule has 0 bridgehead atoms. The van der Waals surface area contributed by atoms with Gasteiger partial charge in [-0.2, -0.15) is 0 Å². The highest BCUT2D eigenvalue weighted by atomic mass is 16.3. The first kappa shape index (κ1) is 16.4. The maximum Gasteiger partial charge on any atom is 0.227 e. The zero-order valence-electron chi connectivity index (χ0n) is 15.3. The lowest BCUT2D eigenvalue weighted by molar-refractivity contribution is 0.590. The van der Waals surface area contributed by atoms with Crippen LogP contribution in [0.2, 0.25) is 0 Å². The minimum Gasteiger partial charge on any atom is -0.436 e. The lowest BCUT2D eigenvalue weighted by Crippen LogP contribution is -2.10. The third kappa shape index (κ3) is 3.33. The number of rotatable bonds is 3. The molecule has 0 saturated carbocycles. The van der Waals surface area contributed by atoms with Crippen LogP contribution >= 0.6 is 0 Å². The van der Waals surface area contributed by atoms with Crippen molar-refractivity contribution in [1.82, 2.24) is 4.98 Å². The Labute approximate surface area is 153 Å². The topological polar surface area (TPSA) is 38.1 Å². The maximum absolute atomic E-state index is 5.99. The fourth-order valence-corrected chi connectivity index (χ4v) is 2.94. The number of hydrogen-bond acceptors (Lipinski definition) is 3. The van der Waals surface area contributed by atoms with Gasteiger partial charge < -0.3 is 9.73 Å². The van der Waals surface area contributed by atoms with Crippen LogP contribution in [0.15, 0.2) is 77.2 Å². The molecule has 3 nitrogen and oxygen atoms in total. The van der Waals surface area contributed by atoms with Crippen LogP contribution in [0.5, 0.6) is 0 Å². The molecule has 0 amide bonds. The number of benzene rings is 3. The van der Waals surface area contributed by atoms with Gasteiger partial charge in [-0.15, -0.1) is 0 Å². The van der Waals surface area contributed by atoms with E-state index in [1.165, 1.54) is 5.56 Å². The van der Waals surface area contributed by atoms with Crippen LogP contribution in [0, 0.1) is 0 Å². The van der Waals surface area contributed by atoms with E-state index in [2.05, 4.69) is 44.3 Å². The Morgan fingerprint density at radius 3 is 2.35 bits per heavy atom. The molecule has 0 radical (unpaired) electrons. The maximum atomic E-state index is 5.99. The van der Waals surface area contributed by atoms with Crippen molar-refractivity contribution in [2.75, 3.05) is 5.32 Å². The van der Waals surface area contributed by atoms with Crippen molar-refractivity contribution < 1.29 is 4.42 Å². The normalized spacial score (nSPS) is 11.7. The van der Waals surface area contributed by atoms with E-state index >= 15 is 0 Å². The number of nitrogens with zero attached hydrogens (tertiary/aromatic N) is 1. The molecular formula is C23H22N2O. The van der Waals surface area contributed by atoms with Crippen molar-refractivity contribution in [2.45, 2.75) is 26.2 Å². The summed E-state index contributed by atoms with van der Waals surface area (Å²) in [6.07, 6.45) is 0. The van der Waals surface area contributed by atoms with Gasteiger partial charge in [-0.25, -0.2) is 4.98 Å². The van der Waals surface area contributed by atoms with Crippen LogP contribution in [0.25, 0.3) is 22.6 Å². The molecule has 0 aliphatic rings. The van der Waals surface area contributed by atoms with Gasteiger partial charge in [-0.05, 0) is 53.4 Å². The molecule has 4 rings (SSSR count). The lowest BCUT2D eigenvalue weighted by Gasteiger charge is -2.18. The second-order valence-corrected chi connectivity index (χ2v) is 7.52. The Morgan fingerprint density at radius 2 is 1.58 bits per heavy atom. The Balaban J connectivity index is 1.68. The Morgan fingerprint density at radius 1 is 0.808 bits per heavy atom. The van der Waals surface area contributed by atoms with Crippen LogP contribution < -0.4 is 5.32 Å². The molecular weight excluding hydrogens is 320 g/mol. The third-order valence-electron chi connectivity index (χ3n) is 4.43. The number of nitrogens with one attached hydrogen (secondary N) is 1. The van der Waals surface area contributed by atoms with Crippen molar-refractivity contribution in [2.24, 2.45) is 0 Å². The number of hydrogen-bond donors (Lipinski definition) is 1. The second kappa shape index (κ2) is 6.34. The molecule has 4 aromatic rings. The van der Waals surface area contributed by atoms with Crippen molar-refractivity contribution >= 4 is 22.5 Å². The van der Waals surface area contributed by atoms with Crippen molar-refractivity contribution in [1.29, 1.82) is 0 Å². The monoisotopic (exact) mass is 342 g/mol. The Kier molecular flexibility index (Phi) is 4.00. The van der Waals surface area contributed by atoms with Crippen LogP contribution in [-0.4, -0.2) is 4.98 Å².